The van der Waals surface area contributed by atoms with Crippen molar-refractivity contribution in [3.05, 3.63) is 11.1 Å². The fourth-order valence-corrected chi connectivity index (χ4v) is 5.10. The molecule has 3 aliphatic heterocycles. The van der Waals surface area contributed by atoms with Crippen LogP contribution in [0.1, 0.15) is 65.7 Å². The Morgan fingerprint density at radius 2 is 1.96 bits per heavy atom. The molecule has 0 bridgehead atoms. The summed E-state index contributed by atoms with van der Waals surface area (Å²) >= 11 is 0. The Labute approximate surface area is 169 Å². The van der Waals surface area contributed by atoms with Crippen LogP contribution in [0.2, 0.25) is 0 Å². The van der Waals surface area contributed by atoms with E-state index in [1.165, 1.54) is 32.2 Å². The normalized spacial score (nSPS) is 26.0. The third kappa shape index (κ3) is 4.43. The lowest BCUT2D eigenvalue weighted by Crippen LogP contribution is -2.49. The van der Waals surface area contributed by atoms with E-state index >= 15 is 0 Å². The molecule has 3 rings (SSSR count). The molecule has 6 heteroatoms. The number of hydrogen-bond donors (Lipinski definition) is 1. The number of hydrogen-bond acceptors (Lipinski definition) is 5. The molecular formula is C22H37N3O3. The molecule has 28 heavy (non-hydrogen) atoms. The van der Waals surface area contributed by atoms with Crippen LogP contribution < -0.4 is 5.32 Å². The fourth-order valence-electron chi connectivity index (χ4n) is 5.10. The lowest BCUT2D eigenvalue weighted by molar-refractivity contribution is -0.150. The summed E-state index contributed by atoms with van der Waals surface area (Å²) in [4.78, 5) is 30.1. The van der Waals surface area contributed by atoms with Crippen LogP contribution in [0.5, 0.6) is 0 Å². The van der Waals surface area contributed by atoms with Crippen molar-refractivity contribution in [2.24, 2.45) is 0 Å². The van der Waals surface area contributed by atoms with Crippen LogP contribution in [0.4, 0.5) is 0 Å². The van der Waals surface area contributed by atoms with E-state index in [0.29, 0.717) is 36.6 Å². The van der Waals surface area contributed by atoms with Gasteiger partial charge in [-0.2, -0.15) is 0 Å². The Kier molecular flexibility index (Phi) is 7.15. The molecule has 158 valence electrons. The van der Waals surface area contributed by atoms with Gasteiger partial charge in [-0.1, -0.05) is 20.3 Å². The van der Waals surface area contributed by atoms with Crippen LogP contribution in [0.15, 0.2) is 11.1 Å². The van der Waals surface area contributed by atoms with Crippen molar-refractivity contribution in [1.82, 2.24) is 15.1 Å². The van der Waals surface area contributed by atoms with Crippen molar-refractivity contribution in [2.75, 3.05) is 39.3 Å². The van der Waals surface area contributed by atoms with Gasteiger partial charge in [0.25, 0.3) is 5.91 Å². The second-order valence-corrected chi connectivity index (χ2v) is 8.52. The number of piperidine rings is 2. The summed E-state index contributed by atoms with van der Waals surface area (Å²) in [5.74, 6) is -0.437. The number of nitrogens with one attached hydrogen (secondary N) is 1. The molecule has 3 aliphatic rings. The first-order valence-electron chi connectivity index (χ1n) is 11.2. The first kappa shape index (κ1) is 21.3. The van der Waals surface area contributed by atoms with Gasteiger partial charge >= 0.3 is 5.97 Å². The van der Waals surface area contributed by atoms with Gasteiger partial charge in [0.2, 0.25) is 0 Å². The molecule has 1 amide bonds. The second-order valence-electron chi connectivity index (χ2n) is 8.52. The van der Waals surface area contributed by atoms with E-state index in [-0.39, 0.29) is 11.9 Å². The van der Waals surface area contributed by atoms with Gasteiger partial charge in [0.05, 0.1) is 5.57 Å². The monoisotopic (exact) mass is 391 g/mol. The summed E-state index contributed by atoms with van der Waals surface area (Å²) in [6, 6.07) is 0.697. The van der Waals surface area contributed by atoms with E-state index in [1.54, 1.807) is 6.92 Å². The summed E-state index contributed by atoms with van der Waals surface area (Å²) in [6.45, 7) is 11.7. The number of amides is 1. The molecule has 2 saturated heterocycles. The fraction of sp³-hybridized carbons (Fsp3) is 0.818. The van der Waals surface area contributed by atoms with Crippen LogP contribution in [-0.2, 0) is 14.3 Å². The summed E-state index contributed by atoms with van der Waals surface area (Å²) in [5.41, 5.74) is 0.360. The van der Waals surface area contributed by atoms with Gasteiger partial charge in [-0.3, -0.25) is 4.79 Å². The van der Waals surface area contributed by atoms with Gasteiger partial charge in [-0.05, 0) is 45.7 Å². The SMILES string of the molecule is CC[C@@H]1CCCCN1CCCNC(=O)C1=C(C)C(=O)OC12CCN(CC)CC2. The maximum atomic E-state index is 13.0. The highest BCUT2D eigenvalue weighted by molar-refractivity contribution is 6.07. The Morgan fingerprint density at radius 1 is 1.21 bits per heavy atom. The zero-order valence-electron chi connectivity index (χ0n) is 17.9. The molecular weight excluding hydrogens is 354 g/mol. The van der Waals surface area contributed by atoms with E-state index in [0.717, 1.165) is 32.6 Å². The molecule has 0 saturated carbocycles. The van der Waals surface area contributed by atoms with Crippen molar-refractivity contribution in [1.29, 1.82) is 0 Å². The zero-order valence-corrected chi connectivity index (χ0v) is 17.9. The lowest BCUT2D eigenvalue weighted by Gasteiger charge is -2.39. The highest BCUT2D eigenvalue weighted by Gasteiger charge is 2.50. The quantitative estimate of drug-likeness (QED) is 0.534. The van der Waals surface area contributed by atoms with Gasteiger partial charge in [0.15, 0.2) is 0 Å². The molecule has 1 spiro atoms. The van der Waals surface area contributed by atoms with Gasteiger partial charge in [-0.15, -0.1) is 0 Å². The van der Waals surface area contributed by atoms with Gasteiger partial charge in [0.1, 0.15) is 5.60 Å². The van der Waals surface area contributed by atoms with Crippen LogP contribution in [0.3, 0.4) is 0 Å². The van der Waals surface area contributed by atoms with Crippen LogP contribution in [0.25, 0.3) is 0 Å². The summed E-state index contributed by atoms with van der Waals surface area (Å²) in [7, 11) is 0. The molecule has 0 aromatic rings. The number of nitrogens with zero attached hydrogens (tertiary/aromatic N) is 2. The molecule has 1 atom stereocenters. The third-order valence-corrected chi connectivity index (χ3v) is 6.89. The molecule has 3 heterocycles. The standard InChI is InChI=1S/C22H37N3O3/c1-4-18-9-6-7-13-25(18)14-8-12-23-20(26)19-17(3)21(27)28-22(19)10-15-24(5-2)16-11-22/h18H,4-16H2,1-3H3,(H,23,26)/t18-/m1/s1. The summed E-state index contributed by atoms with van der Waals surface area (Å²) in [5, 5.41) is 3.08. The number of carbonyl (C=O) groups excluding carboxylic acids is 2. The number of carbonyl (C=O) groups is 2. The highest BCUT2D eigenvalue weighted by Crippen LogP contribution is 2.40. The molecule has 2 fully saturated rings. The first-order valence-corrected chi connectivity index (χ1v) is 11.2. The minimum atomic E-state index is -0.711. The van der Waals surface area contributed by atoms with Crippen molar-refractivity contribution in [3.8, 4) is 0 Å². The number of ether oxygens (including phenoxy) is 1. The van der Waals surface area contributed by atoms with Crippen molar-refractivity contribution < 1.29 is 14.3 Å². The average molecular weight is 392 g/mol. The van der Waals surface area contributed by atoms with E-state index in [4.69, 9.17) is 4.74 Å². The largest absolute Gasteiger partial charge is 0.450 e. The molecule has 0 aliphatic carbocycles. The number of rotatable bonds is 7. The Hall–Kier alpha value is -1.40. The van der Waals surface area contributed by atoms with Gasteiger partial charge in [-0.25, -0.2) is 4.79 Å². The highest BCUT2D eigenvalue weighted by atomic mass is 16.6. The average Bonchev–Trinajstić information content (AvgIpc) is 2.95. The maximum Gasteiger partial charge on any atom is 0.335 e. The maximum absolute atomic E-state index is 13.0. The predicted octanol–water partition coefficient (Wildman–Crippen LogP) is 2.49. The van der Waals surface area contributed by atoms with Crippen molar-refractivity contribution >= 4 is 11.9 Å². The minimum Gasteiger partial charge on any atom is -0.450 e. The Balaban J connectivity index is 1.54. The predicted molar refractivity (Wildman–Crippen MR) is 110 cm³/mol. The van der Waals surface area contributed by atoms with Gasteiger partial charge in [0, 0.05) is 50.6 Å². The molecule has 0 radical (unpaired) electrons. The van der Waals surface area contributed by atoms with Crippen molar-refractivity contribution in [3.63, 3.8) is 0 Å². The zero-order chi connectivity index (χ0) is 20.1. The topological polar surface area (TPSA) is 61.9 Å². The molecule has 1 N–H and O–H groups in total. The third-order valence-electron chi connectivity index (χ3n) is 6.89. The molecule has 6 nitrogen and oxygen atoms in total. The van der Waals surface area contributed by atoms with E-state index in [1.807, 2.05) is 0 Å². The Bertz CT molecular complexity index is 608. The van der Waals surface area contributed by atoms with E-state index < -0.39 is 5.60 Å². The molecule has 0 aromatic heterocycles. The molecule has 0 unspecified atom stereocenters. The lowest BCUT2D eigenvalue weighted by atomic mass is 9.82. The van der Waals surface area contributed by atoms with Crippen LogP contribution >= 0.6 is 0 Å². The number of esters is 1. The van der Waals surface area contributed by atoms with Crippen LogP contribution in [0, 0.1) is 0 Å². The van der Waals surface area contributed by atoms with Crippen LogP contribution in [-0.4, -0.2) is 72.6 Å². The van der Waals surface area contributed by atoms with E-state index in [2.05, 4.69) is 29.0 Å². The first-order chi connectivity index (χ1) is 13.5. The summed E-state index contributed by atoms with van der Waals surface area (Å²) in [6.07, 6.45) is 7.48. The van der Waals surface area contributed by atoms with E-state index in [9.17, 15) is 9.59 Å². The summed E-state index contributed by atoms with van der Waals surface area (Å²) < 4.78 is 5.75. The Morgan fingerprint density at radius 3 is 2.64 bits per heavy atom. The van der Waals surface area contributed by atoms with Gasteiger partial charge < -0.3 is 19.9 Å². The molecule has 0 aromatic carbocycles. The number of likely N-dealkylation sites (tertiary alicyclic amines) is 2. The van der Waals surface area contributed by atoms with Crippen molar-refractivity contribution in [2.45, 2.75) is 77.4 Å². The minimum absolute atomic E-state index is 0.112. The second kappa shape index (κ2) is 9.40. The smallest absolute Gasteiger partial charge is 0.335 e.